The first-order valence-corrected chi connectivity index (χ1v) is 8.24. The van der Waals surface area contributed by atoms with Gasteiger partial charge in [0.2, 0.25) is 12.7 Å². The van der Waals surface area contributed by atoms with Crippen molar-refractivity contribution >= 4 is 17.5 Å². The summed E-state index contributed by atoms with van der Waals surface area (Å²) in [5.41, 5.74) is 2.06. The Bertz CT molecular complexity index is 890. The highest BCUT2D eigenvalue weighted by molar-refractivity contribution is 5.61. The van der Waals surface area contributed by atoms with Crippen LogP contribution in [0.15, 0.2) is 48.9 Å². The number of fused-ring (bicyclic) bond motifs is 1. The minimum atomic E-state index is 0.250. The summed E-state index contributed by atoms with van der Waals surface area (Å²) in [4.78, 5) is 10.5. The van der Waals surface area contributed by atoms with Gasteiger partial charge in [-0.25, -0.2) is 0 Å². The molecule has 0 aliphatic carbocycles. The van der Waals surface area contributed by atoms with E-state index in [4.69, 9.17) is 9.47 Å². The van der Waals surface area contributed by atoms with Gasteiger partial charge in [0.1, 0.15) is 0 Å². The van der Waals surface area contributed by atoms with Crippen molar-refractivity contribution in [2.45, 2.75) is 6.42 Å². The highest BCUT2D eigenvalue weighted by atomic mass is 16.7. The maximum atomic E-state index is 5.39. The van der Waals surface area contributed by atoms with Crippen LogP contribution in [0.4, 0.5) is 17.5 Å². The lowest BCUT2D eigenvalue weighted by Gasteiger charge is -2.17. The first kappa shape index (κ1) is 16.1. The topological polar surface area (TPSA) is 85.3 Å². The Balaban J connectivity index is 1.42. The number of aromatic nitrogens is 4. The Morgan fingerprint density at radius 2 is 1.96 bits per heavy atom. The molecule has 0 atom stereocenters. The zero-order chi connectivity index (χ0) is 17.8. The number of nitrogens with one attached hydrogen (secondary N) is 1. The molecular weight excluding hydrogens is 332 g/mol. The zero-order valence-corrected chi connectivity index (χ0v) is 14.3. The summed E-state index contributed by atoms with van der Waals surface area (Å²) >= 11 is 0. The van der Waals surface area contributed by atoms with Crippen molar-refractivity contribution in [3.05, 3.63) is 54.5 Å². The number of benzene rings is 1. The number of nitrogens with zero attached hydrogens (tertiary/aromatic N) is 5. The van der Waals surface area contributed by atoms with E-state index in [0.717, 1.165) is 24.4 Å². The molecule has 0 saturated heterocycles. The second kappa shape index (κ2) is 7.22. The first-order chi connectivity index (χ1) is 12.8. The number of anilines is 3. The van der Waals surface area contributed by atoms with Crippen molar-refractivity contribution < 1.29 is 9.47 Å². The van der Waals surface area contributed by atoms with Crippen LogP contribution in [0.3, 0.4) is 0 Å². The van der Waals surface area contributed by atoms with Gasteiger partial charge in [-0.05, 0) is 36.2 Å². The molecule has 8 heteroatoms. The molecular formula is C18H18N6O2. The minimum absolute atomic E-state index is 0.250. The lowest BCUT2D eigenvalue weighted by Crippen LogP contribution is -2.23. The highest BCUT2D eigenvalue weighted by Crippen LogP contribution is 2.34. The van der Waals surface area contributed by atoms with Crippen LogP contribution in [0.2, 0.25) is 0 Å². The molecule has 0 unspecified atom stereocenters. The van der Waals surface area contributed by atoms with Crippen LogP contribution < -0.4 is 19.7 Å². The average molecular weight is 350 g/mol. The molecule has 0 saturated carbocycles. The first-order valence-electron chi connectivity index (χ1n) is 8.24. The number of likely N-dealkylation sites (N-methyl/N-ethyl adjacent to an activating group) is 1. The summed E-state index contributed by atoms with van der Waals surface area (Å²) in [5, 5.41) is 11.4. The van der Waals surface area contributed by atoms with E-state index in [2.05, 4.69) is 25.5 Å². The van der Waals surface area contributed by atoms with E-state index < -0.39 is 0 Å². The molecule has 4 rings (SSSR count). The van der Waals surface area contributed by atoms with Gasteiger partial charge in [-0.15, -0.1) is 5.10 Å². The van der Waals surface area contributed by atoms with Crippen molar-refractivity contribution in [2.75, 3.05) is 30.6 Å². The molecule has 8 nitrogen and oxygen atoms in total. The van der Waals surface area contributed by atoms with Crippen LogP contribution >= 0.6 is 0 Å². The van der Waals surface area contributed by atoms with E-state index in [0.29, 0.717) is 17.5 Å². The Morgan fingerprint density at radius 1 is 1.12 bits per heavy atom. The maximum Gasteiger partial charge on any atom is 0.247 e. The summed E-state index contributed by atoms with van der Waals surface area (Å²) in [5.74, 6) is 2.63. The van der Waals surface area contributed by atoms with Crippen LogP contribution in [-0.2, 0) is 6.42 Å². The normalized spacial score (nSPS) is 12.0. The largest absolute Gasteiger partial charge is 0.454 e. The summed E-state index contributed by atoms with van der Waals surface area (Å²) in [6, 6.07) is 9.65. The van der Waals surface area contributed by atoms with E-state index in [1.54, 1.807) is 18.6 Å². The van der Waals surface area contributed by atoms with Crippen molar-refractivity contribution in [1.82, 2.24) is 20.2 Å². The number of rotatable bonds is 6. The number of hydrogen-bond acceptors (Lipinski definition) is 8. The third-order valence-corrected chi connectivity index (χ3v) is 4.02. The van der Waals surface area contributed by atoms with Gasteiger partial charge in [0.25, 0.3) is 0 Å². The molecule has 1 aliphatic rings. The standard InChI is InChI=1S/C18H18N6O2/c1-24(9-6-13-4-7-19-8-5-13)18-22-17(11-20-23-18)21-14-2-3-15-16(10-14)26-12-25-15/h2-5,7-8,10-11H,6,9,12H2,1H3,(H,21,22,23). The lowest BCUT2D eigenvalue weighted by molar-refractivity contribution is 0.174. The lowest BCUT2D eigenvalue weighted by atomic mass is 10.2. The number of ether oxygens (including phenoxy) is 2. The molecule has 0 radical (unpaired) electrons. The van der Waals surface area contributed by atoms with Crippen molar-refractivity contribution in [1.29, 1.82) is 0 Å². The summed E-state index contributed by atoms with van der Waals surface area (Å²) < 4.78 is 10.7. The predicted octanol–water partition coefficient (Wildman–Crippen LogP) is 2.42. The van der Waals surface area contributed by atoms with Gasteiger partial charge < -0.3 is 19.7 Å². The Labute approximate surface area is 150 Å². The molecule has 132 valence electrons. The van der Waals surface area contributed by atoms with Gasteiger partial charge >= 0.3 is 0 Å². The summed E-state index contributed by atoms with van der Waals surface area (Å²) in [6.07, 6.45) is 6.06. The molecule has 1 aliphatic heterocycles. The molecule has 0 spiro atoms. The molecule has 3 heterocycles. The Kier molecular flexibility index (Phi) is 4.46. The minimum Gasteiger partial charge on any atom is -0.454 e. The second-order valence-corrected chi connectivity index (χ2v) is 5.86. The van der Waals surface area contributed by atoms with Gasteiger partial charge in [-0.2, -0.15) is 10.1 Å². The van der Waals surface area contributed by atoms with Crippen molar-refractivity contribution in [3.63, 3.8) is 0 Å². The highest BCUT2D eigenvalue weighted by Gasteiger charge is 2.14. The monoisotopic (exact) mass is 350 g/mol. The molecule has 0 fully saturated rings. The Morgan fingerprint density at radius 3 is 2.85 bits per heavy atom. The van der Waals surface area contributed by atoms with E-state index in [-0.39, 0.29) is 6.79 Å². The third kappa shape index (κ3) is 3.64. The fraction of sp³-hybridized carbons (Fsp3) is 0.222. The Hall–Kier alpha value is -3.42. The van der Waals surface area contributed by atoms with Gasteiger partial charge in [0, 0.05) is 37.7 Å². The van der Waals surface area contributed by atoms with Crippen molar-refractivity contribution in [3.8, 4) is 11.5 Å². The fourth-order valence-electron chi connectivity index (χ4n) is 2.58. The number of hydrogen-bond donors (Lipinski definition) is 1. The van der Waals surface area contributed by atoms with Crippen LogP contribution in [-0.4, -0.2) is 40.6 Å². The average Bonchev–Trinajstić information content (AvgIpc) is 3.15. The molecule has 0 amide bonds. The van der Waals surface area contributed by atoms with E-state index in [1.165, 1.54) is 5.56 Å². The summed E-state index contributed by atoms with van der Waals surface area (Å²) in [6.45, 7) is 1.03. The molecule has 0 bridgehead atoms. The zero-order valence-electron chi connectivity index (χ0n) is 14.3. The van der Waals surface area contributed by atoms with Gasteiger partial charge in [-0.1, -0.05) is 0 Å². The molecule has 1 N–H and O–H groups in total. The van der Waals surface area contributed by atoms with Crippen LogP contribution in [0, 0.1) is 0 Å². The van der Waals surface area contributed by atoms with Gasteiger partial charge in [-0.3, -0.25) is 4.98 Å². The second-order valence-electron chi connectivity index (χ2n) is 5.86. The van der Waals surface area contributed by atoms with Crippen LogP contribution in [0.1, 0.15) is 5.56 Å². The quantitative estimate of drug-likeness (QED) is 0.725. The SMILES string of the molecule is CN(CCc1ccncc1)c1nncc(Nc2ccc3c(c2)OCO3)n1. The maximum absolute atomic E-state index is 5.39. The molecule has 3 aromatic rings. The van der Waals surface area contributed by atoms with Gasteiger partial charge in [0.15, 0.2) is 17.3 Å². The third-order valence-electron chi connectivity index (χ3n) is 4.02. The van der Waals surface area contributed by atoms with Crippen molar-refractivity contribution in [2.24, 2.45) is 0 Å². The smallest absolute Gasteiger partial charge is 0.247 e. The summed E-state index contributed by atoms with van der Waals surface area (Å²) in [7, 11) is 1.95. The molecule has 1 aromatic carbocycles. The predicted molar refractivity (Wildman–Crippen MR) is 96.9 cm³/mol. The van der Waals surface area contributed by atoms with E-state index >= 15 is 0 Å². The van der Waals surface area contributed by atoms with Gasteiger partial charge in [0.05, 0.1) is 6.20 Å². The van der Waals surface area contributed by atoms with E-state index in [1.807, 2.05) is 42.3 Å². The number of pyridine rings is 1. The van der Waals surface area contributed by atoms with E-state index in [9.17, 15) is 0 Å². The van der Waals surface area contributed by atoms with Crippen LogP contribution in [0.5, 0.6) is 11.5 Å². The van der Waals surface area contributed by atoms with Crippen LogP contribution in [0.25, 0.3) is 0 Å². The fourth-order valence-corrected chi connectivity index (χ4v) is 2.58. The molecule has 2 aromatic heterocycles. The molecule has 26 heavy (non-hydrogen) atoms.